The van der Waals surface area contributed by atoms with Crippen LogP contribution in [0.1, 0.15) is 30.5 Å². The molecule has 1 aromatic rings. The largest absolute Gasteiger partial charge is 0.349 e. The van der Waals surface area contributed by atoms with E-state index >= 15 is 0 Å². The number of rotatable bonds is 3. The molecule has 3 nitrogen and oxygen atoms in total. The third-order valence-corrected chi connectivity index (χ3v) is 2.27. The van der Waals surface area contributed by atoms with E-state index in [0.29, 0.717) is 0 Å². The van der Waals surface area contributed by atoms with Gasteiger partial charge in [-0.15, -0.1) is 0 Å². The summed E-state index contributed by atoms with van der Waals surface area (Å²) in [6, 6.07) is 9.66. The van der Waals surface area contributed by atoms with Gasteiger partial charge >= 0.3 is 0 Å². The quantitative estimate of drug-likeness (QED) is 0.815. The Hall–Kier alpha value is -1.82. The normalized spacial score (nSPS) is 11.5. The van der Waals surface area contributed by atoms with Gasteiger partial charge in [-0.3, -0.25) is 4.79 Å². The molecule has 0 heterocycles. The second-order valence-electron chi connectivity index (χ2n) is 3.48. The molecule has 0 fully saturated rings. The van der Waals surface area contributed by atoms with Crippen LogP contribution in [0.2, 0.25) is 0 Å². The number of nitriles is 1. The Morgan fingerprint density at radius 2 is 2.20 bits per heavy atom. The zero-order valence-electron chi connectivity index (χ0n) is 8.95. The lowest BCUT2D eigenvalue weighted by atomic mass is 10.0. The van der Waals surface area contributed by atoms with E-state index < -0.39 is 0 Å². The summed E-state index contributed by atoms with van der Waals surface area (Å²) in [7, 11) is 0. The molecule has 0 aromatic heterocycles. The number of benzene rings is 1. The van der Waals surface area contributed by atoms with Gasteiger partial charge in [-0.1, -0.05) is 24.3 Å². The van der Waals surface area contributed by atoms with E-state index in [4.69, 9.17) is 5.26 Å². The van der Waals surface area contributed by atoms with Crippen molar-refractivity contribution in [2.24, 2.45) is 0 Å². The number of aryl methyl sites for hydroxylation is 1. The molecule has 1 atom stereocenters. The van der Waals surface area contributed by atoms with Crippen molar-refractivity contribution in [2.75, 3.05) is 0 Å². The first kappa shape index (κ1) is 11.3. The molecule has 1 rings (SSSR count). The summed E-state index contributed by atoms with van der Waals surface area (Å²) >= 11 is 0. The van der Waals surface area contributed by atoms with Crippen LogP contribution in [0.4, 0.5) is 0 Å². The topological polar surface area (TPSA) is 52.9 Å². The van der Waals surface area contributed by atoms with Gasteiger partial charge in [0.05, 0.1) is 12.1 Å². The molecule has 0 saturated heterocycles. The van der Waals surface area contributed by atoms with Crippen LogP contribution >= 0.6 is 0 Å². The first-order chi connectivity index (χ1) is 7.15. The second-order valence-corrected chi connectivity index (χ2v) is 3.48. The number of amides is 1. The van der Waals surface area contributed by atoms with Crippen LogP contribution in [0, 0.1) is 18.3 Å². The van der Waals surface area contributed by atoms with Gasteiger partial charge in [-0.2, -0.15) is 5.26 Å². The van der Waals surface area contributed by atoms with E-state index in [1.54, 1.807) is 0 Å². The molecule has 0 radical (unpaired) electrons. The van der Waals surface area contributed by atoms with Crippen LogP contribution in [0.25, 0.3) is 0 Å². The molecule has 1 N–H and O–H groups in total. The maximum absolute atomic E-state index is 11.2. The van der Waals surface area contributed by atoms with Crippen molar-refractivity contribution in [2.45, 2.75) is 26.3 Å². The van der Waals surface area contributed by atoms with Crippen LogP contribution < -0.4 is 5.32 Å². The highest BCUT2D eigenvalue weighted by atomic mass is 16.1. The Bertz CT molecular complexity index is 393. The summed E-state index contributed by atoms with van der Waals surface area (Å²) in [4.78, 5) is 11.2. The number of hydrogen-bond donors (Lipinski definition) is 1. The lowest BCUT2D eigenvalue weighted by Crippen LogP contribution is -2.26. The minimum absolute atomic E-state index is 0.0490. The predicted octanol–water partition coefficient (Wildman–Crippen LogP) is 2.09. The van der Waals surface area contributed by atoms with E-state index in [1.165, 1.54) is 0 Å². The van der Waals surface area contributed by atoms with E-state index in [9.17, 15) is 4.79 Å². The molecule has 1 amide bonds. The minimum Gasteiger partial charge on any atom is -0.349 e. The van der Waals surface area contributed by atoms with Crippen molar-refractivity contribution >= 4 is 5.91 Å². The molecule has 0 bridgehead atoms. The summed E-state index contributed by atoms with van der Waals surface area (Å²) in [5.74, 6) is -0.228. The summed E-state index contributed by atoms with van der Waals surface area (Å²) < 4.78 is 0. The van der Waals surface area contributed by atoms with E-state index in [1.807, 2.05) is 44.2 Å². The van der Waals surface area contributed by atoms with Crippen molar-refractivity contribution < 1.29 is 4.79 Å². The monoisotopic (exact) mass is 202 g/mol. The highest BCUT2D eigenvalue weighted by Crippen LogP contribution is 2.16. The third-order valence-electron chi connectivity index (χ3n) is 2.27. The van der Waals surface area contributed by atoms with Gasteiger partial charge in [0.1, 0.15) is 6.42 Å². The van der Waals surface area contributed by atoms with Crippen molar-refractivity contribution in [1.29, 1.82) is 5.26 Å². The number of nitrogens with one attached hydrogen (secondary N) is 1. The summed E-state index contributed by atoms with van der Waals surface area (Å²) in [5.41, 5.74) is 2.23. The van der Waals surface area contributed by atoms with Gasteiger partial charge in [-0.25, -0.2) is 0 Å². The standard InChI is InChI=1S/C12H14N2O/c1-9-5-3-4-6-11(9)10(2)14-12(15)7-8-13/h3-6,10H,7H2,1-2H3,(H,14,15). The summed E-state index contributed by atoms with van der Waals surface area (Å²) in [6.07, 6.45) is -0.0871. The summed E-state index contributed by atoms with van der Waals surface area (Å²) in [6.45, 7) is 3.92. The first-order valence-corrected chi connectivity index (χ1v) is 4.87. The number of carbonyl (C=O) groups excluding carboxylic acids is 1. The summed E-state index contributed by atoms with van der Waals surface area (Å²) in [5, 5.41) is 11.1. The molecular weight excluding hydrogens is 188 g/mol. The molecule has 0 aliphatic rings. The zero-order chi connectivity index (χ0) is 11.3. The fourth-order valence-electron chi connectivity index (χ4n) is 1.51. The maximum atomic E-state index is 11.2. The Morgan fingerprint density at radius 1 is 1.53 bits per heavy atom. The molecule has 15 heavy (non-hydrogen) atoms. The second kappa shape index (κ2) is 5.16. The molecule has 0 saturated carbocycles. The van der Waals surface area contributed by atoms with Gasteiger partial charge in [0.25, 0.3) is 0 Å². The van der Waals surface area contributed by atoms with Gasteiger partial charge in [0.15, 0.2) is 0 Å². The Morgan fingerprint density at radius 3 is 2.80 bits per heavy atom. The fourth-order valence-corrected chi connectivity index (χ4v) is 1.51. The molecule has 0 aliphatic heterocycles. The molecule has 1 unspecified atom stereocenters. The first-order valence-electron chi connectivity index (χ1n) is 4.87. The molecule has 0 aliphatic carbocycles. The van der Waals surface area contributed by atoms with Gasteiger partial charge in [-0.05, 0) is 25.0 Å². The van der Waals surface area contributed by atoms with Crippen LogP contribution in [0.15, 0.2) is 24.3 Å². The van der Waals surface area contributed by atoms with Crippen LogP contribution in [0.5, 0.6) is 0 Å². The molecule has 1 aromatic carbocycles. The van der Waals surface area contributed by atoms with Crippen molar-refractivity contribution in [3.05, 3.63) is 35.4 Å². The molecule has 3 heteroatoms. The predicted molar refractivity (Wildman–Crippen MR) is 58.0 cm³/mol. The average molecular weight is 202 g/mol. The molecular formula is C12H14N2O. The van der Waals surface area contributed by atoms with Gasteiger partial charge in [0.2, 0.25) is 5.91 Å². The van der Waals surface area contributed by atoms with Crippen molar-refractivity contribution in [3.63, 3.8) is 0 Å². The minimum atomic E-state index is -0.228. The SMILES string of the molecule is Cc1ccccc1C(C)NC(=O)CC#N. The third kappa shape index (κ3) is 3.10. The van der Waals surface area contributed by atoms with E-state index in [-0.39, 0.29) is 18.4 Å². The van der Waals surface area contributed by atoms with E-state index in [0.717, 1.165) is 11.1 Å². The maximum Gasteiger partial charge on any atom is 0.234 e. The molecule has 78 valence electrons. The smallest absolute Gasteiger partial charge is 0.234 e. The van der Waals surface area contributed by atoms with E-state index in [2.05, 4.69) is 5.32 Å². The Balaban J connectivity index is 2.70. The van der Waals surface area contributed by atoms with Crippen molar-refractivity contribution in [3.8, 4) is 6.07 Å². The lowest BCUT2D eigenvalue weighted by molar-refractivity contribution is -0.120. The van der Waals surface area contributed by atoms with Gasteiger partial charge in [0, 0.05) is 0 Å². The molecule has 0 spiro atoms. The highest BCUT2D eigenvalue weighted by Gasteiger charge is 2.10. The van der Waals surface area contributed by atoms with Crippen molar-refractivity contribution in [1.82, 2.24) is 5.32 Å². The van der Waals surface area contributed by atoms with Crippen LogP contribution in [-0.4, -0.2) is 5.91 Å². The number of nitrogens with zero attached hydrogens (tertiary/aromatic N) is 1. The highest BCUT2D eigenvalue weighted by molar-refractivity contribution is 5.78. The van der Waals surface area contributed by atoms with Crippen LogP contribution in [-0.2, 0) is 4.79 Å². The Kier molecular flexibility index (Phi) is 3.87. The van der Waals surface area contributed by atoms with Gasteiger partial charge < -0.3 is 5.32 Å². The fraction of sp³-hybridized carbons (Fsp3) is 0.333. The van der Waals surface area contributed by atoms with Crippen LogP contribution in [0.3, 0.4) is 0 Å². The lowest BCUT2D eigenvalue weighted by Gasteiger charge is -2.15. The zero-order valence-corrected chi connectivity index (χ0v) is 8.95. The number of carbonyl (C=O) groups is 1. The Labute approximate surface area is 89.7 Å². The average Bonchev–Trinajstić information content (AvgIpc) is 2.18. The number of hydrogen-bond acceptors (Lipinski definition) is 2.